The molecule has 0 radical (unpaired) electrons. The number of aromatic nitrogens is 1. The van der Waals surface area contributed by atoms with Gasteiger partial charge in [-0.15, -0.1) is 0 Å². The van der Waals surface area contributed by atoms with Gasteiger partial charge in [-0.1, -0.05) is 0 Å². The fourth-order valence-electron chi connectivity index (χ4n) is 2.37. The molecule has 0 aliphatic heterocycles. The van der Waals surface area contributed by atoms with Crippen molar-refractivity contribution in [3.63, 3.8) is 0 Å². The number of nitrogens with one attached hydrogen (secondary N) is 1. The lowest BCUT2D eigenvalue weighted by molar-refractivity contribution is 0.410. The quantitative estimate of drug-likeness (QED) is 0.854. The third-order valence-corrected chi connectivity index (χ3v) is 3.27. The molecule has 18 heavy (non-hydrogen) atoms. The maximum absolute atomic E-state index is 5.60. The van der Waals surface area contributed by atoms with E-state index >= 15 is 0 Å². The van der Waals surface area contributed by atoms with E-state index in [0.29, 0.717) is 6.54 Å². The van der Waals surface area contributed by atoms with Crippen molar-refractivity contribution in [2.45, 2.75) is 19.8 Å². The normalized spacial score (nSPS) is 10.9. The molecule has 0 fully saturated rings. The molecule has 4 nitrogen and oxygen atoms in total. The minimum Gasteiger partial charge on any atom is -0.496 e. The van der Waals surface area contributed by atoms with E-state index in [1.807, 2.05) is 12.1 Å². The van der Waals surface area contributed by atoms with Crippen molar-refractivity contribution in [2.24, 2.45) is 5.73 Å². The summed E-state index contributed by atoms with van der Waals surface area (Å²) in [7, 11) is 3.37. The molecule has 0 saturated carbocycles. The van der Waals surface area contributed by atoms with Crippen molar-refractivity contribution in [3.8, 4) is 11.5 Å². The van der Waals surface area contributed by atoms with Gasteiger partial charge in [0.2, 0.25) is 0 Å². The molecule has 2 aromatic rings. The van der Waals surface area contributed by atoms with Crippen molar-refractivity contribution in [2.75, 3.05) is 20.8 Å². The molecule has 3 N–H and O–H groups in total. The second-order valence-corrected chi connectivity index (χ2v) is 4.34. The molecule has 2 rings (SSSR count). The topological polar surface area (TPSA) is 60.3 Å². The average Bonchev–Trinajstić information content (AvgIpc) is 2.72. The summed E-state index contributed by atoms with van der Waals surface area (Å²) in [6.07, 6.45) is 1.92. The highest BCUT2D eigenvalue weighted by Gasteiger charge is 2.15. The Morgan fingerprint density at radius 3 is 2.44 bits per heavy atom. The lowest BCUT2D eigenvalue weighted by atomic mass is 10.0. The summed E-state index contributed by atoms with van der Waals surface area (Å²) in [5, 5.41) is 1.11. The van der Waals surface area contributed by atoms with Gasteiger partial charge in [0.25, 0.3) is 0 Å². The summed E-state index contributed by atoms with van der Waals surface area (Å²) in [5.41, 5.74) is 9.02. The fourth-order valence-corrected chi connectivity index (χ4v) is 2.37. The Morgan fingerprint density at radius 2 is 1.83 bits per heavy atom. The summed E-state index contributed by atoms with van der Waals surface area (Å²) in [5.74, 6) is 1.72. The summed E-state index contributed by atoms with van der Waals surface area (Å²) >= 11 is 0. The van der Waals surface area contributed by atoms with Crippen molar-refractivity contribution >= 4 is 10.9 Å². The molecular formula is C14H20N2O2. The first-order valence-corrected chi connectivity index (χ1v) is 6.15. The first kappa shape index (κ1) is 12.8. The molecule has 1 aromatic carbocycles. The fraction of sp³-hybridized carbons (Fsp3) is 0.429. The molecule has 1 heterocycles. The molecule has 0 aliphatic carbocycles. The third kappa shape index (κ3) is 2.04. The highest BCUT2D eigenvalue weighted by atomic mass is 16.5. The first-order chi connectivity index (χ1) is 8.72. The molecule has 0 spiro atoms. The van der Waals surface area contributed by atoms with E-state index in [-0.39, 0.29) is 0 Å². The van der Waals surface area contributed by atoms with Crippen LogP contribution in [0.15, 0.2) is 12.1 Å². The molecule has 4 heteroatoms. The molecule has 0 saturated heterocycles. The number of fused-ring (bicyclic) bond motifs is 1. The lowest BCUT2D eigenvalue weighted by Crippen LogP contribution is -2.01. The summed E-state index contributed by atoms with van der Waals surface area (Å²) in [6.45, 7) is 2.77. The van der Waals surface area contributed by atoms with Gasteiger partial charge in [0, 0.05) is 11.1 Å². The van der Waals surface area contributed by atoms with Gasteiger partial charge >= 0.3 is 0 Å². The van der Waals surface area contributed by atoms with E-state index in [4.69, 9.17) is 15.2 Å². The highest BCUT2D eigenvalue weighted by molar-refractivity contribution is 5.94. The van der Waals surface area contributed by atoms with E-state index in [0.717, 1.165) is 40.9 Å². The van der Waals surface area contributed by atoms with Gasteiger partial charge in [-0.25, -0.2) is 0 Å². The Balaban J connectivity index is 2.65. The Morgan fingerprint density at radius 1 is 1.17 bits per heavy atom. The van der Waals surface area contributed by atoms with Crippen LogP contribution in [0, 0.1) is 6.92 Å². The highest BCUT2D eigenvalue weighted by Crippen LogP contribution is 2.37. The predicted molar refractivity (Wildman–Crippen MR) is 73.5 cm³/mol. The standard InChI is InChI=1S/C14H20N2O2/c1-9-10(5-4-8-15)13-11(17-2)6-7-12(18-3)14(13)16-9/h6-7,16H,4-5,8,15H2,1-3H3. The summed E-state index contributed by atoms with van der Waals surface area (Å²) < 4.78 is 10.8. The minimum atomic E-state index is 0.693. The van der Waals surface area contributed by atoms with Crippen LogP contribution in [0.3, 0.4) is 0 Å². The number of benzene rings is 1. The molecule has 0 atom stereocenters. The van der Waals surface area contributed by atoms with E-state index in [2.05, 4.69) is 11.9 Å². The van der Waals surface area contributed by atoms with Gasteiger partial charge < -0.3 is 20.2 Å². The second-order valence-electron chi connectivity index (χ2n) is 4.34. The smallest absolute Gasteiger partial charge is 0.143 e. The molecule has 0 amide bonds. The van der Waals surface area contributed by atoms with E-state index < -0.39 is 0 Å². The number of methoxy groups -OCH3 is 2. The third-order valence-electron chi connectivity index (χ3n) is 3.27. The molecule has 0 aliphatic rings. The first-order valence-electron chi connectivity index (χ1n) is 6.15. The van der Waals surface area contributed by atoms with E-state index in [9.17, 15) is 0 Å². The number of ether oxygens (including phenoxy) is 2. The Hall–Kier alpha value is -1.68. The zero-order valence-electron chi connectivity index (χ0n) is 11.2. The van der Waals surface area contributed by atoms with Crippen LogP contribution in [0.5, 0.6) is 11.5 Å². The SMILES string of the molecule is COc1ccc(OC)c2c(CCCN)c(C)[nH]c12. The van der Waals surface area contributed by atoms with Gasteiger partial charge in [-0.2, -0.15) is 0 Å². The van der Waals surface area contributed by atoms with Crippen LogP contribution in [0.2, 0.25) is 0 Å². The maximum Gasteiger partial charge on any atom is 0.143 e. The minimum absolute atomic E-state index is 0.693. The van der Waals surface area contributed by atoms with Gasteiger partial charge in [0.1, 0.15) is 11.5 Å². The van der Waals surface area contributed by atoms with Crippen molar-refractivity contribution < 1.29 is 9.47 Å². The van der Waals surface area contributed by atoms with Crippen LogP contribution in [0.25, 0.3) is 10.9 Å². The van der Waals surface area contributed by atoms with E-state index in [1.54, 1.807) is 14.2 Å². The monoisotopic (exact) mass is 248 g/mol. The summed E-state index contributed by atoms with van der Waals surface area (Å²) in [6, 6.07) is 3.87. The van der Waals surface area contributed by atoms with Gasteiger partial charge in [-0.05, 0) is 44.0 Å². The van der Waals surface area contributed by atoms with Crippen LogP contribution in [0.4, 0.5) is 0 Å². The number of rotatable bonds is 5. The zero-order chi connectivity index (χ0) is 13.1. The van der Waals surface area contributed by atoms with Gasteiger partial charge in [-0.3, -0.25) is 0 Å². The van der Waals surface area contributed by atoms with Crippen molar-refractivity contribution in [1.82, 2.24) is 4.98 Å². The largest absolute Gasteiger partial charge is 0.496 e. The zero-order valence-corrected chi connectivity index (χ0v) is 11.2. The van der Waals surface area contributed by atoms with Crippen LogP contribution in [0.1, 0.15) is 17.7 Å². The van der Waals surface area contributed by atoms with E-state index in [1.165, 1.54) is 5.56 Å². The number of aryl methyl sites for hydroxylation is 2. The molecule has 1 aromatic heterocycles. The number of hydrogen-bond donors (Lipinski definition) is 2. The Bertz CT molecular complexity index is 546. The number of hydrogen-bond acceptors (Lipinski definition) is 3. The number of nitrogens with two attached hydrogens (primary N) is 1. The summed E-state index contributed by atoms with van der Waals surface area (Å²) in [4.78, 5) is 3.38. The number of aromatic amines is 1. The number of H-pyrrole nitrogens is 1. The van der Waals surface area contributed by atoms with Gasteiger partial charge in [0.15, 0.2) is 0 Å². The van der Waals surface area contributed by atoms with Crippen LogP contribution in [-0.2, 0) is 6.42 Å². The van der Waals surface area contributed by atoms with Crippen molar-refractivity contribution in [3.05, 3.63) is 23.4 Å². The Labute approximate surface area is 107 Å². The van der Waals surface area contributed by atoms with Crippen molar-refractivity contribution in [1.29, 1.82) is 0 Å². The molecule has 98 valence electrons. The molecule has 0 unspecified atom stereocenters. The lowest BCUT2D eigenvalue weighted by Gasteiger charge is -2.08. The van der Waals surface area contributed by atoms with Crippen LogP contribution >= 0.6 is 0 Å². The van der Waals surface area contributed by atoms with Gasteiger partial charge in [0.05, 0.1) is 19.7 Å². The second kappa shape index (κ2) is 5.31. The van der Waals surface area contributed by atoms with Crippen LogP contribution < -0.4 is 15.2 Å². The molecular weight excluding hydrogens is 228 g/mol. The Kier molecular flexibility index (Phi) is 3.77. The molecule has 0 bridgehead atoms. The van der Waals surface area contributed by atoms with Crippen LogP contribution in [-0.4, -0.2) is 25.7 Å². The maximum atomic E-state index is 5.60. The average molecular weight is 248 g/mol. The predicted octanol–water partition coefficient (Wildman–Crippen LogP) is 2.38.